The van der Waals surface area contributed by atoms with Crippen LogP contribution in [0.2, 0.25) is 0 Å². The smallest absolute Gasteiger partial charge is 0.231 e. The first-order chi connectivity index (χ1) is 11.5. The van der Waals surface area contributed by atoms with Crippen LogP contribution >= 0.6 is 0 Å². The quantitative estimate of drug-likeness (QED) is 0.488. The van der Waals surface area contributed by atoms with Gasteiger partial charge in [0.25, 0.3) is 0 Å². The SMILES string of the molecule is Cc1cc(N)cc(C)c1S(=O)(=O)c1c(C)cc(N)c(C[N+](=O)[O-])c1C. The van der Waals surface area contributed by atoms with Crippen LogP contribution in [0.1, 0.15) is 27.8 Å². The molecule has 0 saturated heterocycles. The Morgan fingerprint density at radius 2 is 1.44 bits per heavy atom. The largest absolute Gasteiger partial charge is 0.399 e. The number of nitrogens with two attached hydrogens (primary N) is 2. The summed E-state index contributed by atoms with van der Waals surface area (Å²) in [4.78, 5) is 10.6. The molecule has 0 fully saturated rings. The standard InChI is InChI=1S/C17H21N3O4S/c1-9-5-13(18)6-10(2)16(9)25(23,24)17-11(3)7-15(19)14(12(17)4)8-20(21)22/h5-7H,8,18-19H2,1-4H3. The summed E-state index contributed by atoms with van der Waals surface area (Å²) in [6, 6.07) is 4.67. The topological polar surface area (TPSA) is 129 Å². The fraction of sp³-hybridized carbons (Fsp3) is 0.294. The Morgan fingerprint density at radius 1 is 0.960 bits per heavy atom. The Balaban J connectivity index is 2.84. The molecule has 0 aliphatic rings. The second-order valence-corrected chi connectivity index (χ2v) is 8.02. The Morgan fingerprint density at radius 3 is 1.92 bits per heavy atom. The summed E-state index contributed by atoms with van der Waals surface area (Å²) in [5.41, 5.74) is 14.4. The first kappa shape index (κ1) is 18.7. The number of hydrogen-bond acceptors (Lipinski definition) is 6. The second kappa shape index (κ2) is 6.36. The molecule has 134 valence electrons. The zero-order chi connectivity index (χ0) is 19.1. The van der Waals surface area contributed by atoms with Crippen LogP contribution in [-0.4, -0.2) is 13.3 Å². The van der Waals surface area contributed by atoms with Gasteiger partial charge in [-0.15, -0.1) is 0 Å². The molecular formula is C17H21N3O4S. The molecule has 7 nitrogen and oxygen atoms in total. The highest BCUT2D eigenvalue weighted by atomic mass is 32.2. The second-order valence-electron chi connectivity index (χ2n) is 6.19. The van der Waals surface area contributed by atoms with Crippen molar-refractivity contribution in [2.24, 2.45) is 0 Å². The van der Waals surface area contributed by atoms with E-state index in [1.165, 1.54) is 6.07 Å². The predicted octanol–water partition coefficient (Wildman–Crippen LogP) is 2.69. The van der Waals surface area contributed by atoms with Crippen LogP contribution < -0.4 is 11.5 Å². The highest BCUT2D eigenvalue weighted by Gasteiger charge is 2.29. The van der Waals surface area contributed by atoms with Crippen molar-refractivity contribution in [1.82, 2.24) is 0 Å². The van der Waals surface area contributed by atoms with Crippen molar-refractivity contribution in [2.45, 2.75) is 44.0 Å². The summed E-state index contributed by atoms with van der Waals surface area (Å²) in [6.45, 7) is 6.01. The van der Waals surface area contributed by atoms with E-state index in [9.17, 15) is 18.5 Å². The monoisotopic (exact) mass is 363 g/mol. The molecular weight excluding hydrogens is 342 g/mol. The van der Waals surface area contributed by atoms with E-state index in [0.29, 0.717) is 27.9 Å². The highest BCUT2D eigenvalue weighted by molar-refractivity contribution is 7.91. The van der Waals surface area contributed by atoms with Gasteiger partial charge in [-0.1, -0.05) is 0 Å². The van der Waals surface area contributed by atoms with Gasteiger partial charge in [-0.25, -0.2) is 8.42 Å². The summed E-state index contributed by atoms with van der Waals surface area (Å²) in [6.07, 6.45) is 0. The first-order valence-corrected chi connectivity index (χ1v) is 9.07. The van der Waals surface area contributed by atoms with Crippen LogP contribution in [0.5, 0.6) is 0 Å². The van der Waals surface area contributed by atoms with E-state index in [0.717, 1.165) is 0 Å². The summed E-state index contributed by atoms with van der Waals surface area (Å²) in [5, 5.41) is 10.9. The number of nitrogens with zero attached hydrogens (tertiary/aromatic N) is 1. The van der Waals surface area contributed by atoms with Crippen LogP contribution in [0.15, 0.2) is 28.0 Å². The van der Waals surface area contributed by atoms with E-state index in [4.69, 9.17) is 11.5 Å². The summed E-state index contributed by atoms with van der Waals surface area (Å²) in [5.74, 6) is 0. The van der Waals surface area contributed by atoms with Gasteiger partial charge < -0.3 is 11.5 Å². The van der Waals surface area contributed by atoms with Crippen molar-refractivity contribution in [2.75, 3.05) is 11.5 Å². The van der Waals surface area contributed by atoms with Gasteiger partial charge in [-0.2, -0.15) is 0 Å². The number of anilines is 2. The maximum absolute atomic E-state index is 13.3. The van der Waals surface area contributed by atoms with Gasteiger partial charge in [-0.3, -0.25) is 10.1 Å². The van der Waals surface area contributed by atoms with E-state index in [1.54, 1.807) is 39.8 Å². The molecule has 0 unspecified atom stereocenters. The minimum atomic E-state index is -3.89. The van der Waals surface area contributed by atoms with Gasteiger partial charge in [0, 0.05) is 21.9 Å². The summed E-state index contributed by atoms with van der Waals surface area (Å²) >= 11 is 0. The van der Waals surface area contributed by atoms with Gasteiger partial charge >= 0.3 is 0 Å². The number of rotatable bonds is 4. The molecule has 4 N–H and O–H groups in total. The molecule has 0 radical (unpaired) electrons. The number of benzene rings is 2. The number of hydrogen-bond donors (Lipinski definition) is 2. The molecule has 0 aliphatic heterocycles. The van der Waals surface area contributed by atoms with Crippen molar-refractivity contribution in [3.05, 3.63) is 56.1 Å². The van der Waals surface area contributed by atoms with Crippen LogP contribution in [0.4, 0.5) is 11.4 Å². The molecule has 0 aromatic heterocycles. The Labute approximate surface area is 146 Å². The van der Waals surface area contributed by atoms with Crippen LogP contribution in [0.3, 0.4) is 0 Å². The molecule has 2 aromatic carbocycles. The highest BCUT2D eigenvalue weighted by Crippen LogP contribution is 2.35. The van der Waals surface area contributed by atoms with Gasteiger partial charge in [0.05, 0.1) is 9.79 Å². The lowest BCUT2D eigenvalue weighted by Crippen LogP contribution is -2.14. The van der Waals surface area contributed by atoms with Crippen molar-refractivity contribution in [3.8, 4) is 0 Å². The third kappa shape index (κ3) is 3.30. The van der Waals surface area contributed by atoms with Gasteiger partial charge in [-0.05, 0) is 68.1 Å². The minimum Gasteiger partial charge on any atom is -0.399 e. The average Bonchev–Trinajstić information content (AvgIpc) is 2.40. The number of aryl methyl sites for hydroxylation is 3. The van der Waals surface area contributed by atoms with Crippen molar-refractivity contribution in [3.63, 3.8) is 0 Å². The van der Waals surface area contributed by atoms with Crippen LogP contribution in [0.25, 0.3) is 0 Å². The van der Waals surface area contributed by atoms with Gasteiger partial charge in [0.2, 0.25) is 16.4 Å². The lowest BCUT2D eigenvalue weighted by Gasteiger charge is -2.18. The maximum Gasteiger partial charge on any atom is 0.231 e. The zero-order valence-electron chi connectivity index (χ0n) is 14.6. The van der Waals surface area contributed by atoms with E-state index in [-0.39, 0.29) is 21.0 Å². The molecule has 8 heteroatoms. The minimum absolute atomic E-state index is 0.0644. The van der Waals surface area contributed by atoms with Crippen LogP contribution in [-0.2, 0) is 16.4 Å². The van der Waals surface area contributed by atoms with Gasteiger partial charge in [0.15, 0.2) is 0 Å². The number of sulfone groups is 1. The van der Waals surface area contributed by atoms with Crippen molar-refractivity contribution < 1.29 is 13.3 Å². The first-order valence-electron chi connectivity index (χ1n) is 7.59. The van der Waals surface area contributed by atoms with E-state index in [1.807, 2.05) is 0 Å². The number of nitrogen functional groups attached to an aromatic ring is 2. The molecule has 0 amide bonds. The molecule has 2 aromatic rings. The molecule has 0 spiro atoms. The Hall–Kier alpha value is -2.61. The zero-order valence-corrected chi connectivity index (χ0v) is 15.4. The molecule has 0 saturated carbocycles. The molecule has 0 aliphatic carbocycles. The van der Waals surface area contributed by atoms with E-state index >= 15 is 0 Å². The molecule has 0 atom stereocenters. The van der Waals surface area contributed by atoms with Crippen LogP contribution in [0, 0.1) is 37.8 Å². The maximum atomic E-state index is 13.3. The van der Waals surface area contributed by atoms with Crippen molar-refractivity contribution in [1.29, 1.82) is 0 Å². The summed E-state index contributed by atoms with van der Waals surface area (Å²) in [7, 11) is -3.89. The lowest BCUT2D eigenvalue weighted by molar-refractivity contribution is -0.496. The summed E-state index contributed by atoms with van der Waals surface area (Å²) < 4.78 is 26.7. The van der Waals surface area contributed by atoms with Gasteiger partial charge in [0.1, 0.15) is 0 Å². The van der Waals surface area contributed by atoms with Crippen molar-refractivity contribution >= 4 is 21.2 Å². The van der Waals surface area contributed by atoms with E-state index < -0.39 is 21.3 Å². The molecule has 0 bridgehead atoms. The predicted molar refractivity (Wildman–Crippen MR) is 96.8 cm³/mol. The average molecular weight is 363 g/mol. The molecule has 25 heavy (non-hydrogen) atoms. The third-order valence-corrected chi connectivity index (χ3v) is 6.53. The Bertz CT molecular complexity index is 959. The number of nitro groups is 1. The van der Waals surface area contributed by atoms with E-state index in [2.05, 4.69) is 0 Å². The normalized spacial score (nSPS) is 11.5. The Kier molecular flexibility index (Phi) is 4.76. The third-order valence-electron chi connectivity index (χ3n) is 4.18. The molecule has 2 rings (SSSR count). The molecule has 0 heterocycles. The lowest BCUT2D eigenvalue weighted by atomic mass is 10.0. The fourth-order valence-corrected chi connectivity index (χ4v) is 5.48. The fourth-order valence-electron chi connectivity index (χ4n) is 3.30.